The molecule has 5 nitrogen and oxygen atoms in total. The largest absolute Gasteiger partial charge is 0.495 e. The van der Waals surface area contributed by atoms with Crippen molar-refractivity contribution in [1.29, 1.82) is 0 Å². The van der Waals surface area contributed by atoms with E-state index >= 15 is 0 Å². The Balaban J connectivity index is 2.02. The van der Waals surface area contributed by atoms with Gasteiger partial charge in [-0.05, 0) is 58.2 Å². The van der Waals surface area contributed by atoms with Crippen molar-refractivity contribution in [3.8, 4) is 5.75 Å². The van der Waals surface area contributed by atoms with E-state index in [0.717, 1.165) is 30.8 Å². The van der Waals surface area contributed by atoms with Gasteiger partial charge in [0, 0.05) is 19.1 Å². The van der Waals surface area contributed by atoms with Crippen molar-refractivity contribution in [2.24, 2.45) is 0 Å². The van der Waals surface area contributed by atoms with Crippen LogP contribution in [0.25, 0.3) is 0 Å². The summed E-state index contributed by atoms with van der Waals surface area (Å²) in [6.07, 6.45) is 1.75. The smallest absolute Gasteiger partial charge is 0.410 e. The number of methoxy groups -OCH3 is 1. The van der Waals surface area contributed by atoms with Crippen molar-refractivity contribution in [2.45, 2.75) is 52.2 Å². The van der Waals surface area contributed by atoms with Crippen molar-refractivity contribution < 1.29 is 14.3 Å². The number of nitrogens with one attached hydrogen (secondary N) is 1. The third kappa shape index (κ3) is 5.05. The summed E-state index contributed by atoms with van der Waals surface area (Å²) in [5.74, 6) is 0.824. The summed E-state index contributed by atoms with van der Waals surface area (Å²) in [6.45, 7) is 9.12. The molecule has 1 aromatic carbocycles. The van der Waals surface area contributed by atoms with E-state index in [1.807, 2.05) is 32.9 Å². The molecule has 1 aliphatic heterocycles. The van der Waals surface area contributed by atoms with Crippen molar-refractivity contribution in [2.75, 3.05) is 25.5 Å². The van der Waals surface area contributed by atoms with Crippen LogP contribution < -0.4 is 10.1 Å². The maximum atomic E-state index is 12.2. The minimum Gasteiger partial charge on any atom is -0.495 e. The highest BCUT2D eigenvalue weighted by Crippen LogP contribution is 2.27. The molecule has 1 N–H and O–H groups in total. The van der Waals surface area contributed by atoms with Crippen molar-refractivity contribution in [3.05, 3.63) is 23.8 Å². The van der Waals surface area contributed by atoms with Crippen LogP contribution in [0.4, 0.5) is 10.5 Å². The van der Waals surface area contributed by atoms with Gasteiger partial charge in [0.2, 0.25) is 0 Å². The van der Waals surface area contributed by atoms with Gasteiger partial charge < -0.3 is 19.7 Å². The molecule has 23 heavy (non-hydrogen) atoms. The van der Waals surface area contributed by atoms with Crippen LogP contribution in [0, 0.1) is 6.92 Å². The number of ether oxygens (including phenoxy) is 2. The van der Waals surface area contributed by atoms with Crippen LogP contribution in [0.2, 0.25) is 0 Å². The van der Waals surface area contributed by atoms with E-state index in [4.69, 9.17) is 9.47 Å². The Morgan fingerprint density at radius 1 is 1.35 bits per heavy atom. The van der Waals surface area contributed by atoms with Gasteiger partial charge in [-0.25, -0.2) is 4.79 Å². The number of rotatable bonds is 3. The second-order valence-electron chi connectivity index (χ2n) is 7.11. The molecule has 0 bridgehead atoms. The molecule has 5 heteroatoms. The summed E-state index contributed by atoms with van der Waals surface area (Å²) in [6, 6.07) is 6.27. The van der Waals surface area contributed by atoms with E-state index < -0.39 is 5.60 Å². The van der Waals surface area contributed by atoms with Crippen LogP contribution in [-0.2, 0) is 4.74 Å². The number of carbonyl (C=O) groups is 1. The third-order valence-electron chi connectivity index (χ3n) is 3.79. The van der Waals surface area contributed by atoms with Gasteiger partial charge in [-0.15, -0.1) is 0 Å². The third-order valence-corrected chi connectivity index (χ3v) is 3.79. The minimum absolute atomic E-state index is 0.201. The lowest BCUT2D eigenvalue weighted by Crippen LogP contribution is -2.47. The molecule has 1 fully saturated rings. The van der Waals surface area contributed by atoms with Gasteiger partial charge in [-0.2, -0.15) is 0 Å². The Bertz CT molecular complexity index is 552. The summed E-state index contributed by atoms with van der Waals surface area (Å²) in [5.41, 5.74) is 1.69. The zero-order chi connectivity index (χ0) is 17.0. The zero-order valence-corrected chi connectivity index (χ0v) is 14.8. The number of hydrogen-bond acceptors (Lipinski definition) is 4. The molecule has 1 saturated heterocycles. The monoisotopic (exact) mass is 320 g/mol. The Kier molecular flexibility index (Phi) is 5.39. The Labute approximate surface area is 139 Å². The molecule has 1 amide bonds. The van der Waals surface area contributed by atoms with E-state index in [1.165, 1.54) is 5.56 Å². The maximum absolute atomic E-state index is 12.2. The first kappa shape index (κ1) is 17.4. The van der Waals surface area contributed by atoms with Gasteiger partial charge in [-0.3, -0.25) is 0 Å². The van der Waals surface area contributed by atoms with Crippen LogP contribution in [0.15, 0.2) is 18.2 Å². The molecule has 0 radical (unpaired) electrons. The normalized spacial score (nSPS) is 18.5. The summed E-state index contributed by atoms with van der Waals surface area (Å²) >= 11 is 0. The van der Waals surface area contributed by atoms with E-state index in [1.54, 1.807) is 12.0 Å². The summed E-state index contributed by atoms with van der Waals surface area (Å²) in [5, 5.41) is 3.51. The number of likely N-dealkylation sites (tertiary alicyclic amines) is 1. The number of nitrogens with zero attached hydrogens (tertiary/aromatic N) is 1. The molecule has 1 unspecified atom stereocenters. The number of hydrogen-bond donors (Lipinski definition) is 1. The first-order valence-corrected chi connectivity index (χ1v) is 8.17. The summed E-state index contributed by atoms with van der Waals surface area (Å²) < 4.78 is 10.9. The summed E-state index contributed by atoms with van der Waals surface area (Å²) in [7, 11) is 1.67. The SMILES string of the molecule is COc1ccc(C)cc1NC1CCCN(C(=O)OC(C)(C)C)C1. The van der Waals surface area contributed by atoms with Crippen LogP contribution in [0.1, 0.15) is 39.2 Å². The lowest BCUT2D eigenvalue weighted by atomic mass is 10.1. The Hall–Kier alpha value is -1.91. The second kappa shape index (κ2) is 7.11. The van der Waals surface area contributed by atoms with Crippen molar-refractivity contribution in [3.63, 3.8) is 0 Å². The highest BCUT2D eigenvalue weighted by Gasteiger charge is 2.27. The summed E-state index contributed by atoms with van der Waals surface area (Å²) in [4.78, 5) is 14.0. The number of aryl methyl sites for hydroxylation is 1. The molecule has 128 valence electrons. The highest BCUT2D eigenvalue weighted by atomic mass is 16.6. The average Bonchev–Trinajstić information content (AvgIpc) is 2.46. The van der Waals surface area contributed by atoms with Crippen molar-refractivity contribution >= 4 is 11.8 Å². The number of benzene rings is 1. The minimum atomic E-state index is -0.461. The molecule has 0 saturated carbocycles. The molecule has 1 aliphatic rings. The maximum Gasteiger partial charge on any atom is 0.410 e. The molecule has 1 aromatic rings. The van der Waals surface area contributed by atoms with E-state index in [0.29, 0.717) is 6.54 Å². The first-order valence-electron chi connectivity index (χ1n) is 8.17. The fraction of sp³-hybridized carbons (Fsp3) is 0.611. The lowest BCUT2D eigenvalue weighted by Gasteiger charge is -2.35. The molecular formula is C18H28N2O3. The molecule has 1 atom stereocenters. The van der Waals surface area contributed by atoms with Crippen LogP contribution in [0.3, 0.4) is 0 Å². The number of anilines is 1. The fourth-order valence-electron chi connectivity index (χ4n) is 2.74. The molecule has 0 spiro atoms. The molecule has 0 aliphatic carbocycles. The van der Waals surface area contributed by atoms with Gasteiger partial charge in [0.25, 0.3) is 0 Å². The van der Waals surface area contributed by atoms with E-state index in [-0.39, 0.29) is 12.1 Å². The van der Waals surface area contributed by atoms with Crippen LogP contribution in [-0.4, -0.2) is 42.8 Å². The van der Waals surface area contributed by atoms with Gasteiger partial charge in [0.1, 0.15) is 11.4 Å². The van der Waals surface area contributed by atoms with Gasteiger partial charge in [0.15, 0.2) is 0 Å². The van der Waals surface area contributed by atoms with E-state index in [9.17, 15) is 4.79 Å². The van der Waals surface area contributed by atoms with Crippen LogP contribution >= 0.6 is 0 Å². The Morgan fingerprint density at radius 2 is 2.09 bits per heavy atom. The number of amides is 1. The molecule has 0 aromatic heterocycles. The molecule has 2 rings (SSSR count). The second-order valence-corrected chi connectivity index (χ2v) is 7.11. The van der Waals surface area contributed by atoms with E-state index in [2.05, 4.69) is 18.3 Å². The van der Waals surface area contributed by atoms with Crippen molar-refractivity contribution in [1.82, 2.24) is 4.90 Å². The standard InChI is InChI=1S/C18H28N2O3/c1-13-8-9-16(22-5)15(11-13)19-14-7-6-10-20(12-14)17(21)23-18(2,3)4/h8-9,11,14,19H,6-7,10,12H2,1-5H3. The molecule has 1 heterocycles. The van der Waals surface area contributed by atoms with Gasteiger partial charge in [-0.1, -0.05) is 6.07 Å². The topological polar surface area (TPSA) is 50.8 Å². The zero-order valence-electron chi connectivity index (χ0n) is 14.8. The predicted octanol–water partition coefficient (Wildman–Crippen LogP) is 3.82. The quantitative estimate of drug-likeness (QED) is 0.920. The predicted molar refractivity (Wildman–Crippen MR) is 92.2 cm³/mol. The van der Waals surface area contributed by atoms with Crippen LogP contribution in [0.5, 0.6) is 5.75 Å². The van der Waals surface area contributed by atoms with Gasteiger partial charge >= 0.3 is 6.09 Å². The fourth-order valence-corrected chi connectivity index (χ4v) is 2.74. The highest BCUT2D eigenvalue weighted by molar-refractivity contribution is 5.68. The van der Waals surface area contributed by atoms with Gasteiger partial charge in [0.05, 0.1) is 12.8 Å². The number of piperidine rings is 1. The molecular weight excluding hydrogens is 292 g/mol. The first-order chi connectivity index (χ1) is 10.8. The Morgan fingerprint density at radius 3 is 2.74 bits per heavy atom. The number of carbonyl (C=O) groups excluding carboxylic acids is 1. The average molecular weight is 320 g/mol. The lowest BCUT2D eigenvalue weighted by molar-refractivity contribution is 0.0206.